The van der Waals surface area contributed by atoms with E-state index in [9.17, 15) is 14.4 Å². The molecule has 4 heteroatoms. The fourth-order valence-electron chi connectivity index (χ4n) is 0.461. The van der Waals surface area contributed by atoms with E-state index >= 15 is 0 Å². The van der Waals surface area contributed by atoms with Gasteiger partial charge in [0, 0.05) is 6.42 Å². The maximum atomic E-state index is 10.6. The molecule has 0 N–H and O–H groups in total. The molecule has 1 radical (unpaired) electrons. The molecule has 0 aromatic heterocycles. The van der Waals surface area contributed by atoms with Gasteiger partial charge in [-0.1, -0.05) is 0 Å². The van der Waals surface area contributed by atoms with Gasteiger partial charge in [-0.25, -0.2) is 0 Å². The molecule has 0 saturated carbocycles. The van der Waals surface area contributed by atoms with E-state index in [1.165, 1.54) is 6.92 Å². The van der Waals surface area contributed by atoms with E-state index < -0.39 is 5.97 Å². The van der Waals surface area contributed by atoms with Crippen molar-refractivity contribution in [2.24, 2.45) is 0 Å². The molecule has 0 spiro atoms. The van der Waals surface area contributed by atoms with E-state index in [4.69, 9.17) is 0 Å². The summed E-state index contributed by atoms with van der Waals surface area (Å²) in [6.45, 7) is 1.31. The number of carbonyl (C=O) groups excluding carboxylic acids is 3. The summed E-state index contributed by atoms with van der Waals surface area (Å²) in [4.78, 5) is 30.5. The SMILES string of the molecule is CC(=O)CC(=O)OCC[C]=O. The van der Waals surface area contributed by atoms with Gasteiger partial charge in [0.1, 0.15) is 12.2 Å². The minimum Gasteiger partial charge on any atom is -0.465 e. The zero-order valence-corrected chi connectivity index (χ0v) is 6.25. The normalized spacial score (nSPS) is 8.82. The van der Waals surface area contributed by atoms with Crippen LogP contribution < -0.4 is 0 Å². The van der Waals surface area contributed by atoms with Crippen molar-refractivity contribution in [3.63, 3.8) is 0 Å². The monoisotopic (exact) mass is 157 g/mol. The van der Waals surface area contributed by atoms with Crippen molar-refractivity contribution < 1.29 is 19.1 Å². The molecule has 0 aliphatic rings. The first-order valence-corrected chi connectivity index (χ1v) is 3.17. The molecular weight excluding hydrogens is 148 g/mol. The molecule has 0 unspecified atom stereocenters. The van der Waals surface area contributed by atoms with Crippen molar-refractivity contribution in [3.05, 3.63) is 0 Å². The van der Waals surface area contributed by atoms with Crippen molar-refractivity contribution >= 4 is 18.0 Å². The third-order valence-electron chi connectivity index (χ3n) is 0.860. The topological polar surface area (TPSA) is 60.4 Å². The quantitative estimate of drug-likeness (QED) is 0.320. The Labute approximate surface area is 64.5 Å². The Balaban J connectivity index is 3.37. The largest absolute Gasteiger partial charge is 0.465 e. The number of rotatable bonds is 5. The highest BCUT2D eigenvalue weighted by Gasteiger charge is 2.04. The van der Waals surface area contributed by atoms with Crippen LogP contribution >= 0.6 is 0 Å². The summed E-state index contributed by atoms with van der Waals surface area (Å²) < 4.78 is 4.47. The summed E-state index contributed by atoms with van der Waals surface area (Å²) in [7, 11) is 0. The third-order valence-corrected chi connectivity index (χ3v) is 0.860. The number of hydrogen-bond donors (Lipinski definition) is 0. The van der Waals surface area contributed by atoms with Crippen LogP contribution in [-0.2, 0) is 19.1 Å². The molecule has 0 atom stereocenters. The van der Waals surface area contributed by atoms with Crippen molar-refractivity contribution in [2.75, 3.05) is 6.61 Å². The van der Waals surface area contributed by atoms with Crippen molar-refractivity contribution in [1.82, 2.24) is 0 Å². The van der Waals surface area contributed by atoms with Gasteiger partial charge in [-0.3, -0.25) is 14.4 Å². The molecular formula is C7H9O4. The molecule has 0 rings (SSSR count). The van der Waals surface area contributed by atoms with Crippen LogP contribution in [0.2, 0.25) is 0 Å². The van der Waals surface area contributed by atoms with Gasteiger partial charge in [0.2, 0.25) is 6.29 Å². The Morgan fingerprint density at radius 3 is 2.55 bits per heavy atom. The molecule has 0 amide bonds. The van der Waals surface area contributed by atoms with E-state index in [1.54, 1.807) is 6.29 Å². The first-order valence-electron chi connectivity index (χ1n) is 3.17. The molecule has 0 aliphatic carbocycles. The van der Waals surface area contributed by atoms with Crippen molar-refractivity contribution in [1.29, 1.82) is 0 Å². The van der Waals surface area contributed by atoms with Gasteiger partial charge in [-0.05, 0) is 6.92 Å². The van der Waals surface area contributed by atoms with Gasteiger partial charge >= 0.3 is 5.97 Å². The number of ketones is 1. The summed E-state index contributed by atoms with van der Waals surface area (Å²) in [5, 5.41) is 0. The zero-order valence-electron chi connectivity index (χ0n) is 6.25. The maximum absolute atomic E-state index is 10.6. The standard InChI is InChI=1S/C7H9O4/c1-6(9)5-7(10)11-4-2-3-8/h2,4-5H2,1H3. The molecule has 0 heterocycles. The zero-order chi connectivity index (χ0) is 8.69. The van der Waals surface area contributed by atoms with Crippen LogP contribution in [0.25, 0.3) is 0 Å². The van der Waals surface area contributed by atoms with E-state index in [2.05, 4.69) is 4.74 Å². The van der Waals surface area contributed by atoms with Crippen molar-refractivity contribution in [3.8, 4) is 0 Å². The van der Waals surface area contributed by atoms with Crippen LogP contribution in [0.4, 0.5) is 0 Å². The van der Waals surface area contributed by atoms with Gasteiger partial charge in [0.25, 0.3) is 0 Å². The van der Waals surface area contributed by atoms with Gasteiger partial charge < -0.3 is 4.74 Å². The maximum Gasteiger partial charge on any atom is 0.313 e. The summed E-state index contributed by atoms with van der Waals surface area (Å²) in [5.41, 5.74) is 0. The molecule has 0 saturated heterocycles. The fraction of sp³-hybridized carbons (Fsp3) is 0.571. The predicted molar refractivity (Wildman–Crippen MR) is 36.6 cm³/mol. The Hall–Kier alpha value is -1.19. The number of ether oxygens (including phenoxy) is 1. The Morgan fingerprint density at radius 1 is 1.45 bits per heavy atom. The van der Waals surface area contributed by atoms with E-state index in [-0.39, 0.29) is 25.2 Å². The minimum absolute atomic E-state index is 0.00954. The number of hydrogen-bond acceptors (Lipinski definition) is 4. The lowest BCUT2D eigenvalue weighted by Gasteiger charge is -1.98. The molecule has 0 aromatic carbocycles. The Morgan fingerprint density at radius 2 is 2.09 bits per heavy atom. The Kier molecular flexibility index (Phi) is 4.98. The number of esters is 1. The number of Topliss-reactive ketones (excluding diaryl/α,β-unsaturated/α-hetero) is 1. The molecule has 11 heavy (non-hydrogen) atoms. The lowest BCUT2D eigenvalue weighted by Crippen LogP contribution is -2.09. The highest BCUT2D eigenvalue weighted by atomic mass is 16.5. The minimum atomic E-state index is -0.590. The molecule has 61 valence electrons. The molecule has 0 fully saturated rings. The summed E-state index contributed by atoms with van der Waals surface area (Å²) in [6, 6.07) is 0. The van der Waals surface area contributed by atoms with Crippen LogP contribution in [0.1, 0.15) is 19.8 Å². The molecule has 0 aliphatic heterocycles. The van der Waals surface area contributed by atoms with Crippen LogP contribution in [0.15, 0.2) is 0 Å². The second kappa shape index (κ2) is 5.58. The average Bonchev–Trinajstić information content (AvgIpc) is 1.86. The van der Waals surface area contributed by atoms with Crippen LogP contribution in [0.3, 0.4) is 0 Å². The third kappa shape index (κ3) is 6.70. The first-order chi connectivity index (χ1) is 5.16. The van der Waals surface area contributed by atoms with Crippen LogP contribution in [0, 0.1) is 0 Å². The van der Waals surface area contributed by atoms with Gasteiger partial charge in [0.15, 0.2) is 0 Å². The highest BCUT2D eigenvalue weighted by Crippen LogP contribution is 1.88. The second-order valence-electron chi connectivity index (χ2n) is 1.99. The predicted octanol–water partition coefficient (Wildman–Crippen LogP) is 0.00850. The summed E-state index contributed by atoms with van der Waals surface area (Å²) >= 11 is 0. The van der Waals surface area contributed by atoms with Gasteiger partial charge in [-0.2, -0.15) is 0 Å². The molecule has 0 bridgehead atoms. The lowest BCUT2D eigenvalue weighted by atomic mass is 10.3. The molecule has 0 aromatic rings. The van der Waals surface area contributed by atoms with E-state index in [0.29, 0.717) is 0 Å². The van der Waals surface area contributed by atoms with Gasteiger partial charge in [0.05, 0.1) is 6.61 Å². The highest BCUT2D eigenvalue weighted by molar-refractivity contribution is 5.94. The molecule has 4 nitrogen and oxygen atoms in total. The van der Waals surface area contributed by atoms with Crippen LogP contribution in [0.5, 0.6) is 0 Å². The van der Waals surface area contributed by atoms with Crippen molar-refractivity contribution in [2.45, 2.75) is 19.8 Å². The second-order valence-corrected chi connectivity index (χ2v) is 1.99. The smallest absolute Gasteiger partial charge is 0.313 e. The first kappa shape index (κ1) is 9.81. The number of carbonyl (C=O) groups is 2. The Bertz CT molecular complexity index is 162. The fourth-order valence-corrected chi connectivity index (χ4v) is 0.461. The lowest BCUT2D eigenvalue weighted by molar-refractivity contribution is -0.145. The average molecular weight is 157 g/mol. The van der Waals surface area contributed by atoms with E-state index in [1.807, 2.05) is 0 Å². The van der Waals surface area contributed by atoms with Crippen LogP contribution in [-0.4, -0.2) is 24.6 Å². The van der Waals surface area contributed by atoms with E-state index in [0.717, 1.165) is 0 Å². The summed E-state index contributed by atoms with van der Waals surface area (Å²) in [5.74, 6) is -0.835. The summed E-state index contributed by atoms with van der Waals surface area (Å²) in [6.07, 6.45) is 1.40. The van der Waals surface area contributed by atoms with Gasteiger partial charge in [-0.15, -0.1) is 0 Å².